The summed E-state index contributed by atoms with van der Waals surface area (Å²) < 4.78 is 0. The quantitative estimate of drug-likeness (QED) is 0.804. The fraction of sp³-hybridized carbons (Fsp3) is 0.235. The Hall–Kier alpha value is -1.94. The van der Waals surface area contributed by atoms with Gasteiger partial charge in [-0.2, -0.15) is 0 Å². The summed E-state index contributed by atoms with van der Waals surface area (Å²) in [6, 6.07) is 13.6. The Morgan fingerprint density at radius 1 is 1.10 bits per heavy atom. The lowest BCUT2D eigenvalue weighted by molar-refractivity contribution is 0.102. The Kier molecular flexibility index (Phi) is 5.28. The molecule has 2 rings (SSSR count). The second-order valence-electron chi connectivity index (χ2n) is 4.74. The van der Waals surface area contributed by atoms with Crippen LogP contribution in [0.1, 0.15) is 22.8 Å². The van der Waals surface area contributed by atoms with E-state index >= 15 is 0 Å². The topological polar surface area (TPSA) is 41.1 Å². The Labute approximate surface area is 130 Å². The molecule has 2 N–H and O–H groups in total. The van der Waals surface area contributed by atoms with Gasteiger partial charge < -0.3 is 10.6 Å². The van der Waals surface area contributed by atoms with E-state index in [1.54, 1.807) is 11.8 Å². The number of hydrogen-bond donors (Lipinski definition) is 2. The standard InChI is InChI=1S/C17H20N2OS/c1-4-18-14-7-10-16(12(2)11-14)17(20)19-13-5-8-15(21-3)9-6-13/h5-11,18H,4H2,1-3H3,(H,19,20). The number of rotatable bonds is 5. The van der Waals surface area contributed by atoms with Gasteiger partial charge in [-0.25, -0.2) is 0 Å². The van der Waals surface area contributed by atoms with Gasteiger partial charge in [0.05, 0.1) is 0 Å². The third kappa shape index (κ3) is 4.02. The highest BCUT2D eigenvalue weighted by atomic mass is 32.2. The fourth-order valence-electron chi connectivity index (χ4n) is 2.11. The number of thioether (sulfide) groups is 1. The van der Waals surface area contributed by atoms with Crippen LogP contribution in [0.15, 0.2) is 47.4 Å². The molecule has 0 heterocycles. The van der Waals surface area contributed by atoms with E-state index in [1.165, 1.54) is 4.90 Å². The van der Waals surface area contributed by atoms with E-state index in [4.69, 9.17) is 0 Å². The van der Waals surface area contributed by atoms with Crippen LogP contribution in [-0.4, -0.2) is 18.7 Å². The summed E-state index contributed by atoms with van der Waals surface area (Å²) in [7, 11) is 0. The number of aryl methyl sites for hydroxylation is 1. The van der Waals surface area contributed by atoms with Gasteiger partial charge in [0.2, 0.25) is 0 Å². The molecule has 0 saturated carbocycles. The van der Waals surface area contributed by atoms with E-state index in [2.05, 4.69) is 10.6 Å². The lowest BCUT2D eigenvalue weighted by Gasteiger charge is -2.10. The molecule has 0 unspecified atom stereocenters. The molecule has 4 heteroatoms. The van der Waals surface area contributed by atoms with Crippen molar-refractivity contribution in [2.24, 2.45) is 0 Å². The number of benzene rings is 2. The molecule has 0 radical (unpaired) electrons. The van der Waals surface area contributed by atoms with Crippen molar-refractivity contribution in [1.29, 1.82) is 0 Å². The smallest absolute Gasteiger partial charge is 0.255 e. The first-order chi connectivity index (χ1) is 10.1. The predicted octanol–water partition coefficient (Wildman–Crippen LogP) is 4.40. The molecule has 2 aromatic carbocycles. The Bertz CT molecular complexity index is 623. The highest BCUT2D eigenvalue weighted by Gasteiger charge is 2.09. The molecule has 0 saturated heterocycles. The van der Waals surface area contributed by atoms with Crippen LogP contribution < -0.4 is 10.6 Å². The van der Waals surface area contributed by atoms with E-state index in [-0.39, 0.29) is 5.91 Å². The molecule has 110 valence electrons. The van der Waals surface area contributed by atoms with Crippen LogP contribution in [0.3, 0.4) is 0 Å². The SMILES string of the molecule is CCNc1ccc(C(=O)Nc2ccc(SC)cc2)c(C)c1. The number of hydrogen-bond acceptors (Lipinski definition) is 3. The molecule has 0 aromatic heterocycles. The van der Waals surface area contributed by atoms with Crippen LogP contribution in [0.5, 0.6) is 0 Å². The van der Waals surface area contributed by atoms with Crippen molar-refractivity contribution in [2.45, 2.75) is 18.7 Å². The first-order valence-electron chi connectivity index (χ1n) is 6.94. The molecule has 2 aromatic rings. The summed E-state index contributed by atoms with van der Waals surface area (Å²) in [6.45, 7) is 4.87. The van der Waals surface area contributed by atoms with E-state index in [0.717, 1.165) is 23.5 Å². The number of anilines is 2. The average Bonchev–Trinajstić information content (AvgIpc) is 2.48. The van der Waals surface area contributed by atoms with Gasteiger partial charge in [0.15, 0.2) is 0 Å². The summed E-state index contributed by atoms with van der Waals surface area (Å²) >= 11 is 1.68. The highest BCUT2D eigenvalue weighted by Crippen LogP contribution is 2.20. The van der Waals surface area contributed by atoms with Gasteiger partial charge in [-0.3, -0.25) is 4.79 Å². The second-order valence-corrected chi connectivity index (χ2v) is 5.62. The molecular formula is C17H20N2OS. The van der Waals surface area contributed by atoms with E-state index < -0.39 is 0 Å². The van der Waals surface area contributed by atoms with Crippen LogP contribution in [-0.2, 0) is 0 Å². The third-order valence-corrected chi connectivity index (χ3v) is 3.94. The Morgan fingerprint density at radius 3 is 2.33 bits per heavy atom. The summed E-state index contributed by atoms with van der Waals surface area (Å²) in [5.74, 6) is -0.0764. The van der Waals surface area contributed by atoms with Gasteiger partial charge in [0, 0.05) is 28.4 Å². The van der Waals surface area contributed by atoms with Crippen LogP contribution >= 0.6 is 11.8 Å². The van der Waals surface area contributed by atoms with Gasteiger partial charge in [0.25, 0.3) is 5.91 Å². The van der Waals surface area contributed by atoms with Gasteiger partial charge in [0.1, 0.15) is 0 Å². The number of carbonyl (C=O) groups excluding carboxylic acids is 1. The largest absolute Gasteiger partial charge is 0.385 e. The second kappa shape index (κ2) is 7.18. The molecule has 0 atom stereocenters. The lowest BCUT2D eigenvalue weighted by atomic mass is 10.1. The number of carbonyl (C=O) groups is 1. The number of amides is 1. The zero-order valence-electron chi connectivity index (χ0n) is 12.6. The van der Waals surface area contributed by atoms with Gasteiger partial charge in [-0.15, -0.1) is 11.8 Å². The molecule has 21 heavy (non-hydrogen) atoms. The molecule has 0 spiro atoms. The molecular weight excluding hydrogens is 280 g/mol. The normalized spacial score (nSPS) is 10.2. The summed E-state index contributed by atoms with van der Waals surface area (Å²) in [5.41, 5.74) is 3.51. The lowest BCUT2D eigenvalue weighted by Crippen LogP contribution is -2.13. The van der Waals surface area contributed by atoms with Crippen LogP contribution in [0.25, 0.3) is 0 Å². The molecule has 0 bridgehead atoms. The minimum absolute atomic E-state index is 0.0764. The van der Waals surface area contributed by atoms with Crippen molar-refractivity contribution in [1.82, 2.24) is 0 Å². The molecule has 0 aliphatic heterocycles. The van der Waals surface area contributed by atoms with Crippen molar-refractivity contribution in [3.63, 3.8) is 0 Å². The molecule has 3 nitrogen and oxygen atoms in total. The number of nitrogens with one attached hydrogen (secondary N) is 2. The van der Waals surface area contributed by atoms with Gasteiger partial charge in [-0.05, 0) is 68.1 Å². The van der Waals surface area contributed by atoms with Crippen LogP contribution in [0.4, 0.5) is 11.4 Å². The maximum absolute atomic E-state index is 12.3. The minimum Gasteiger partial charge on any atom is -0.385 e. The summed E-state index contributed by atoms with van der Waals surface area (Å²) in [4.78, 5) is 13.5. The van der Waals surface area contributed by atoms with Crippen LogP contribution in [0.2, 0.25) is 0 Å². The Morgan fingerprint density at radius 2 is 1.76 bits per heavy atom. The van der Waals surface area contributed by atoms with E-state index in [9.17, 15) is 4.79 Å². The van der Waals surface area contributed by atoms with Crippen LogP contribution in [0, 0.1) is 6.92 Å². The van der Waals surface area contributed by atoms with Crippen molar-refractivity contribution < 1.29 is 4.79 Å². The summed E-state index contributed by atoms with van der Waals surface area (Å²) in [5, 5.41) is 6.18. The zero-order valence-corrected chi connectivity index (χ0v) is 13.4. The van der Waals surface area contributed by atoms with E-state index in [0.29, 0.717) is 5.56 Å². The van der Waals surface area contributed by atoms with Crippen molar-refractivity contribution >= 4 is 29.0 Å². The monoisotopic (exact) mass is 300 g/mol. The van der Waals surface area contributed by atoms with Crippen molar-refractivity contribution in [3.8, 4) is 0 Å². The molecule has 0 fully saturated rings. The maximum Gasteiger partial charge on any atom is 0.255 e. The summed E-state index contributed by atoms with van der Waals surface area (Å²) in [6.07, 6.45) is 2.03. The zero-order chi connectivity index (χ0) is 15.2. The molecule has 0 aliphatic carbocycles. The average molecular weight is 300 g/mol. The van der Waals surface area contributed by atoms with Crippen molar-refractivity contribution in [3.05, 3.63) is 53.6 Å². The maximum atomic E-state index is 12.3. The fourth-order valence-corrected chi connectivity index (χ4v) is 2.51. The highest BCUT2D eigenvalue weighted by molar-refractivity contribution is 7.98. The molecule has 1 amide bonds. The van der Waals surface area contributed by atoms with Gasteiger partial charge >= 0.3 is 0 Å². The Balaban J connectivity index is 2.12. The predicted molar refractivity (Wildman–Crippen MR) is 91.5 cm³/mol. The molecule has 0 aliphatic rings. The van der Waals surface area contributed by atoms with Crippen molar-refractivity contribution in [2.75, 3.05) is 23.4 Å². The third-order valence-electron chi connectivity index (χ3n) is 3.20. The first-order valence-corrected chi connectivity index (χ1v) is 8.16. The minimum atomic E-state index is -0.0764. The van der Waals surface area contributed by atoms with Gasteiger partial charge in [-0.1, -0.05) is 0 Å². The first kappa shape index (κ1) is 15.4. The van der Waals surface area contributed by atoms with E-state index in [1.807, 2.05) is 62.6 Å².